The highest BCUT2D eigenvalue weighted by molar-refractivity contribution is 5.72. The monoisotopic (exact) mass is 671 g/mol. The molecule has 0 amide bonds. The fraction of sp³-hybridized carbons (Fsp3) is 0.738. The molecule has 1 rings (SSSR count). The number of hydrogen-bond donors (Lipinski definition) is 0. The first-order valence-electron chi connectivity index (χ1n) is 19.8. The zero-order valence-corrected chi connectivity index (χ0v) is 30.9. The molecule has 0 fully saturated rings. The van der Waals surface area contributed by atoms with Crippen LogP contribution < -0.4 is 10.2 Å². The molecule has 0 N–H and O–H groups in total. The van der Waals surface area contributed by atoms with E-state index in [1.807, 2.05) is 0 Å². The molecule has 0 aliphatic rings. The lowest BCUT2D eigenvalue weighted by Crippen LogP contribution is -2.15. The van der Waals surface area contributed by atoms with Crippen LogP contribution in [0.15, 0.2) is 45.8 Å². The van der Waals surface area contributed by atoms with Gasteiger partial charge < -0.3 is 13.9 Å². The molecule has 0 saturated carbocycles. The van der Waals surface area contributed by atoms with Gasteiger partial charge in [-0.3, -0.25) is 14.4 Å². The minimum atomic E-state index is -0.456. The van der Waals surface area contributed by atoms with Crippen molar-refractivity contribution in [2.24, 2.45) is 0 Å². The summed E-state index contributed by atoms with van der Waals surface area (Å²) in [7, 11) is 0. The molecule has 274 valence electrons. The van der Waals surface area contributed by atoms with Crippen LogP contribution in [-0.4, -0.2) is 11.9 Å². The van der Waals surface area contributed by atoms with Crippen LogP contribution in [0.2, 0.25) is 0 Å². The van der Waals surface area contributed by atoms with Gasteiger partial charge in [0.05, 0.1) is 0 Å². The molecule has 0 saturated heterocycles. The van der Waals surface area contributed by atoms with Gasteiger partial charge in [-0.05, 0) is 64.2 Å². The van der Waals surface area contributed by atoms with Crippen molar-refractivity contribution in [3.05, 3.63) is 52.6 Å². The van der Waals surface area contributed by atoms with Gasteiger partial charge in [-0.25, -0.2) is 0 Å². The van der Waals surface area contributed by atoms with E-state index in [1.54, 1.807) is 0 Å². The van der Waals surface area contributed by atoms with Crippen LogP contribution in [0.1, 0.15) is 199 Å². The Labute approximate surface area is 293 Å². The average molecular weight is 671 g/mol. The Morgan fingerprint density at radius 2 is 0.958 bits per heavy atom. The second-order valence-corrected chi connectivity index (χ2v) is 13.4. The summed E-state index contributed by atoms with van der Waals surface area (Å²) >= 11 is 0. The van der Waals surface area contributed by atoms with Gasteiger partial charge in [-0.1, -0.05) is 141 Å². The van der Waals surface area contributed by atoms with Gasteiger partial charge in [0.15, 0.2) is 0 Å². The Balaban J connectivity index is 2.02. The molecular formula is C42H70O6. The first-order valence-corrected chi connectivity index (χ1v) is 19.8. The summed E-state index contributed by atoms with van der Waals surface area (Å²) in [5.74, 6) is -0.629. The lowest BCUT2D eigenvalue weighted by Gasteiger charge is -2.06. The second kappa shape index (κ2) is 32.9. The van der Waals surface area contributed by atoms with Crippen molar-refractivity contribution < 1.29 is 23.5 Å². The van der Waals surface area contributed by atoms with Gasteiger partial charge in [-0.2, -0.15) is 0 Å². The van der Waals surface area contributed by atoms with E-state index < -0.39 is 11.4 Å². The van der Waals surface area contributed by atoms with Crippen LogP contribution >= 0.6 is 0 Å². The molecular weight excluding hydrogens is 600 g/mol. The molecule has 0 bridgehead atoms. The molecule has 0 radical (unpaired) electrons. The molecule has 6 heteroatoms. The third kappa shape index (κ3) is 27.3. The van der Waals surface area contributed by atoms with E-state index in [-0.39, 0.29) is 30.5 Å². The van der Waals surface area contributed by atoms with Crippen LogP contribution in [-0.2, 0) is 20.9 Å². The largest absolute Gasteiger partial charge is 0.462 e. The highest BCUT2D eigenvalue weighted by Crippen LogP contribution is 2.14. The van der Waals surface area contributed by atoms with Crippen molar-refractivity contribution in [3.8, 4) is 5.75 Å². The number of hydrogen-bond acceptors (Lipinski definition) is 6. The minimum absolute atomic E-state index is 0.109. The van der Waals surface area contributed by atoms with E-state index in [4.69, 9.17) is 13.9 Å². The predicted molar refractivity (Wildman–Crippen MR) is 199 cm³/mol. The summed E-state index contributed by atoms with van der Waals surface area (Å²) in [4.78, 5) is 36.7. The van der Waals surface area contributed by atoms with Crippen LogP contribution in [0.25, 0.3) is 0 Å². The average Bonchev–Trinajstić information content (AvgIpc) is 3.08. The summed E-state index contributed by atoms with van der Waals surface area (Å²) in [6, 6.07) is 1.22. The van der Waals surface area contributed by atoms with E-state index in [1.165, 1.54) is 115 Å². The Bertz CT molecular complexity index is 1020. The third-order valence-electron chi connectivity index (χ3n) is 8.74. The zero-order valence-electron chi connectivity index (χ0n) is 30.9. The highest BCUT2D eigenvalue weighted by atomic mass is 16.6. The SMILES string of the molecule is CCCCCCCCC=CCCCCCCCC(=O)OCc1cc(=O)c(OC(=O)CCCCCCCC=CCCCCCCCC)co1. The standard InChI is InChI=1S/C42H70O6/c1-3-5-7-9-11-13-15-17-19-21-23-25-27-29-31-33-41(44)47-36-38-35-39(43)40(37-46-38)48-42(45)34-32-30-28-26-24-22-20-18-16-14-12-10-8-6-4-2/h17-20,35,37H,3-16,21-34,36H2,1-2H3. The predicted octanol–water partition coefficient (Wildman–Crippen LogP) is 12.7. The molecule has 1 heterocycles. The number of carbonyl (C=O) groups is 2. The van der Waals surface area contributed by atoms with E-state index >= 15 is 0 Å². The number of allylic oxidation sites excluding steroid dienone is 4. The minimum Gasteiger partial charge on any atom is -0.462 e. The maximum Gasteiger partial charge on any atom is 0.311 e. The van der Waals surface area contributed by atoms with Crippen LogP contribution in [0.3, 0.4) is 0 Å². The lowest BCUT2D eigenvalue weighted by molar-refractivity contribution is -0.145. The topological polar surface area (TPSA) is 82.8 Å². The molecule has 0 unspecified atom stereocenters. The summed E-state index contributed by atoms with van der Waals surface area (Å²) in [6.45, 7) is 4.40. The Morgan fingerprint density at radius 1 is 0.562 bits per heavy atom. The number of ether oxygens (including phenoxy) is 2. The van der Waals surface area contributed by atoms with Crippen molar-refractivity contribution in [2.45, 2.75) is 200 Å². The molecule has 1 aromatic rings. The van der Waals surface area contributed by atoms with Gasteiger partial charge >= 0.3 is 11.9 Å². The Morgan fingerprint density at radius 3 is 1.40 bits per heavy atom. The summed E-state index contributed by atoms with van der Waals surface area (Å²) in [5, 5.41) is 0. The number of unbranched alkanes of at least 4 members (excludes halogenated alkanes) is 22. The van der Waals surface area contributed by atoms with Crippen molar-refractivity contribution in [1.29, 1.82) is 0 Å². The fourth-order valence-electron chi connectivity index (χ4n) is 5.67. The smallest absolute Gasteiger partial charge is 0.311 e. The third-order valence-corrected chi connectivity index (χ3v) is 8.74. The fourth-order valence-corrected chi connectivity index (χ4v) is 5.67. The van der Waals surface area contributed by atoms with Crippen LogP contribution in [0.5, 0.6) is 5.75 Å². The van der Waals surface area contributed by atoms with Gasteiger partial charge in [0.2, 0.25) is 11.2 Å². The van der Waals surface area contributed by atoms with E-state index in [0.717, 1.165) is 64.1 Å². The first-order chi connectivity index (χ1) is 23.6. The van der Waals surface area contributed by atoms with Crippen molar-refractivity contribution in [1.82, 2.24) is 0 Å². The van der Waals surface area contributed by atoms with Gasteiger partial charge in [0.25, 0.3) is 0 Å². The van der Waals surface area contributed by atoms with Crippen LogP contribution in [0.4, 0.5) is 0 Å². The number of esters is 2. The number of carbonyl (C=O) groups excluding carboxylic acids is 2. The van der Waals surface area contributed by atoms with Gasteiger partial charge in [0, 0.05) is 18.9 Å². The summed E-state index contributed by atoms with van der Waals surface area (Å²) < 4.78 is 15.9. The molecule has 6 nitrogen and oxygen atoms in total. The molecule has 48 heavy (non-hydrogen) atoms. The van der Waals surface area contributed by atoms with Gasteiger partial charge in [0.1, 0.15) is 18.6 Å². The molecule has 0 atom stereocenters. The van der Waals surface area contributed by atoms with Crippen molar-refractivity contribution >= 4 is 11.9 Å². The zero-order chi connectivity index (χ0) is 34.8. The molecule has 0 aliphatic heterocycles. The summed E-state index contributed by atoms with van der Waals surface area (Å²) in [5.41, 5.74) is -0.456. The van der Waals surface area contributed by atoms with Crippen LogP contribution in [0, 0.1) is 0 Å². The normalized spacial score (nSPS) is 11.5. The maximum atomic E-state index is 12.4. The Hall–Kier alpha value is -2.63. The first kappa shape index (κ1) is 43.4. The molecule has 0 spiro atoms. The van der Waals surface area contributed by atoms with E-state index in [2.05, 4.69) is 38.2 Å². The highest BCUT2D eigenvalue weighted by Gasteiger charge is 2.12. The quantitative estimate of drug-likeness (QED) is 0.0420. The van der Waals surface area contributed by atoms with Gasteiger partial charge in [-0.15, -0.1) is 0 Å². The van der Waals surface area contributed by atoms with Crippen molar-refractivity contribution in [3.63, 3.8) is 0 Å². The number of rotatable bonds is 33. The molecule has 0 aliphatic carbocycles. The Kier molecular flexibility index (Phi) is 29.7. The lowest BCUT2D eigenvalue weighted by atomic mass is 10.1. The summed E-state index contributed by atoms with van der Waals surface area (Å²) in [6.07, 6.45) is 42.2. The maximum absolute atomic E-state index is 12.4. The molecule has 0 aromatic carbocycles. The van der Waals surface area contributed by atoms with E-state index in [0.29, 0.717) is 6.42 Å². The second-order valence-electron chi connectivity index (χ2n) is 13.4. The van der Waals surface area contributed by atoms with Crippen molar-refractivity contribution in [2.75, 3.05) is 0 Å². The molecule has 1 aromatic heterocycles. The van der Waals surface area contributed by atoms with E-state index in [9.17, 15) is 14.4 Å².